The number of carbonyl (C=O) groups is 2. The number of fused-ring (bicyclic) bond motifs is 1. The number of nitrogens with zero attached hydrogens (tertiary/aromatic N) is 4. The molecule has 0 bridgehead atoms. The zero-order valence-corrected chi connectivity index (χ0v) is 18.4. The van der Waals surface area contributed by atoms with Gasteiger partial charge >= 0.3 is 0 Å². The summed E-state index contributed by atoms with van der Waals surface area (Å²) in [5.41, 5.74) is 0.180. The largest absolute Gasteiger partial charge is 0.356 e. The summed E-state index contributed by atoms with van der Waals surface area (Å²) in [6.45, 7) is 1.72. The van der Waals surface area contributed by atoms with Gasteiger partial charge in [-0.25, -0.2) is 18.7 Å². The fourth-order valence-corrected chi connectivity index (χ4v) is 4.62. The summed E-state index contributed by atoms with van der Waals surface area (Å²) in [6, 6.07) is 5.26. The standard InChI is InChI=1S/C23H26F2N6O2/c1-14(32)28-17-4-2-3-15(9-17)22(33)30-20-11-19-16(13-27-20)10-18(12-26)29-21(19)31-7-5-23(24,25)6-8-31/h10-11,13,15,17H,2-9H2,1H3,(H,28,32)(H,27,30,33)/t15-,17+/m0/s1. The molecule has 8 nitrogen and oxygen atoms in total. The third-order valence-corrected chi connectivity index (χ3v) is 6.31. The molecule has 0 radical (unpaired) electrons. The molecule has 1 saturated heterocycles. The van der Waals surface area contributed by atoms with Crippen molar-refractivity contribution in [2.75, 3.05) is 23.3 Å². The topological polar surface area (TPSA) is 111 Å². The van der Waals surface area contributed by atoms with Gasteiger partial charge in [-0.3, -0.25) is 9.59 Å². The summed E-state index contributed by atoms with van der Waals surface area (Å²) < 4.78 is 27.3. The van der Waals surface area contributed by atoms with Gasteiger partial charge < -0.3 is 15.5 Å². The van der Waals surface area contributed by atoms with Crippen LogP contribution in [-0.4, -0.2) is 46.8 Å². The van der Waals surface area contributed by atoms with Gasteiger partial charge in [0.1, 0.15) is 23.4 Å². The average molecular weight is 456 g/mol. The number of nitrogens with one attached hydrogen (secondary N) is 2. The summed E-state index contributed by atoms with van der Waals surface area (Å²) in [7, 11) is 0. The summed E-state index contributed by atoms with van der Waals surface area (Å²) in [5.74, 6) is -2.43. The highest BCUT2D eigenvalue weighted by molar-refractivity contribution is 5.98. The third kappa shape index (κ3) is 5.35. The lowest BCUT2D eigenvalue weighted by atomic mass is 9.85. The van der Waals surface area contributed by atoms with Crippen LogP contribution in [0.1, 0.15) is 51.1 Å². The minimum Gasteiger partial charge on any atom is -0.356 e. The Morgan fingerprint density at radius 2 is 2.00 bits per heavy atom. The van der Waals surface area contributed by atoms with Crippen molar-refractivity contribution in [3.8, 4) is 6.07 Å². The number of aromatic nitrogens is 2. The number of halogens is 2. The minimum atomic E-state index is -2.70. The van der Waals surface area contributed by atoms with Crippen LogP contribution in [0, 0.1) is 17.2 Å². The number of hydrogen-bond donors (Lipinski definition) is 2. The highest BCUT2D eigenvalue weighted by atomic mass is 19.3. The molecule has 2 amide bonds. The first-order valence-electron chi connectivity index (χ1n) is 11.2. The molecule has 3 heterocycles. The first-order chi connectivity index (χ1) is 15.7. The predicted molar refractivity (Wildman–Crippen MR) is 119 cm³/mol. The molecule has 1 aliphatic carbocycles. The second-order valence-electron chi connectivity index (χ2n) is 8.83. The van der Waals surface area contributed by atoms with E-state index < -0.39 is 5.92 Å². The van der Waals surface area contributed by atoms with E-state index in [2.05, 4.69) is 20.6 Å². The van der Waals surface area contributed by atoms with Crippen LogP contribution in [0.25, 0.3) is 10.8 Å². The fourth-order valence-electron chi connectivity index (χ4n) is 4.62. The summed E-state index contributed by atoms with van der Waals surface area (Å²) in [6.07, 6.45) is 3.99. The van der Waals surface area contributed by atoms with E-state index in [1.165, 1.54) is 6.92 Å². The second-order valence-corrected chi connectivity index (χ2v) is 8.83. The van der Waals surface area contributed by atoms with Crippen LogP contribution in [0.15, 0.2) is 18.3 Å². The van der Waals surface area contributed by atoms with Gasteiger partial charge in [0.2, 0.25) is 11.8 Å². The number of hydrogen-bond acceptors (Lipinski definition) is 6. The molecule has 2 aromatic heterocycles. The molecule has 0 aromatic carbocycles. The number of piperidine rings is 1. The Bertz CT molecular complexity index is 1110. The van der Waals surface area contributed by atoms with Gasteiger partial charge in [-0.2, -0.15) is 5.26 Å². The number of amides is 2. The number of alkyl halides is 2. The van der Waals surface area contributed by atoms with Crippen LogP contribution in [0.5, 0.6) is 0 Å². The Labute approximate surface area is 190 Å². The lowest BCUT2D eigenvalue weighted by molar-refractivity contribution is -0.123. The van der Waals surface area contributed by atoms with E-state index in [9.17, 15) is 23.6 Å². The Kier molecular flexibility index (Phi) is 6.40. The number of carbonyl (C=O) groups excluding carboxylic acids is 2. The number of rotatable bonds is 4. The zero-order chi connectivity index (χ0) is 23.6. The number of anilines is 2. The normalized spacial score (nSPS) is 22.4. The Balaban J connectivity index is 1.56. The maximum Gasteiger partial charge on any atom is 0.251 e. The van der Waals surface area contributed by atoms with Crippen LogP contribution in [0.3, 0.4) is 0 Å². The van der Waals surface area contributed by atoms with Crippen molar-refractivity contribution in [1.82, 2.24) is 15.3 Å². The van der Waals surface area contributed by atoms with Gasteiger partial charge in [0.05, 0.1) is 0 Å². The van der Waals surface area contributed by atoms with Crippen molar-refractivity contribution in [3.63, 3.8) is 0 Å². The molecule has 2 aliphatic rings. The average Bonchev–Trinajstić information content (AvgIpc) is 2.78. The highest BCUT2D eigenvalue weighted by Crippen LogP contribution is 2.34. The van der Waals surface area contributed by atoms with Crippen LogP contribution < -0.4 is 15.5 Å². The summed E-state index contributed by atoms with van der Waals surface area (Å²) >= 11 is 0. The van der Waals surface area contributed by atoms with Gasteiger partial charge in [0, 0.05) is 61.8 Å². The Morgan fingerprint density at radius 3 is 2.70 bits per heavy atom. The molecule has 2 fully saturated rings. The molecular weight excluding hydrogens is 430 g/mol. The monoisotopic (exact) mass is 456 g/mol. The fraction of sp³-hybridized carbons (Fsp3) is 0.522. The molecular formula is C23H26F2N6O2. The van der Waals surface area contributed by atoms with E-state index >= 15 is 0 Å². The van der Waals surface area contributed by atoms with Crippen LogP contribution in [0.4, 0.5) is 20.4 Å². The molecule has 1 saturated carbocycles. The van der Waals surface area contributed by atoms with E-state index in [1.807, 2.05) is 6.07 Å². The minimum absolute atomic E-state index is 0.0194. The molecule has 33 heavy (non-hydrogen) atoms. The third-order valence-electron chi connectivity index (χ3n) is 6.31. The van der Waals surface area contributed by atoms with E-state index in [0.717, 1.165) is 19.3 Å². The van der Waals surface area contributed by atoms with Crippen molar-refractivity contribution >= 4 is 34.2 Å². The second kappa shape index (κ2) is 9.25. The van der Waals surface area contributed by atoms with Crippen LogP contribution in [0.2, 0.25) is 0 Å². The smallest absolute Gasteiger partial charge is 0.251 e. The van der Waals surface area contributed by atoms with Gasteiger partial charge in [0.25, 0.3) is 5.92 Å². The van der Waals surface area contributed by atoms with E-state index in [1.54, 1.807) is 23.2 Å². The van der Waals surface area contributed by atoms with E-state index in [0.29, 0.717) is 28.8 Å². The SMILES string of the molecule is CC(=O)N[C@@H]1CCC[C@H](C(=O)Nc2cc3c(N4CCC(F)(F)CC4)nc(C#N)cc3cn2)C1. The molecule has 2 N–H and O–H groups in total. The van der Waals surface area contributed by atoms with E-state index in [-0.39, 0.29) is 55.4 Å². The number of nitriles is 1. The van der Waals surface area contributed by atoms with Gasteiger partial charge in [-0.05, 0) is 31.4 Å². The van der Waals surface area contributed by atoms with Crippen molar-refractivity contribution in [1.29, 1.82) is 5.26 Å². The van der Waals surface area contributed by atoms with Crippen molar-refractivity contribution in [2.45, 2.75) is 57.4 Å². The van der Waals surface area contributed by atoms with Crippen molar-refractivity contribution in [3.05, 3.63) is 24.0 Å². The molecule has 0 spiro atoms. The lowest BCUT2D eigenvalue weighted by Crippen LogP contribution is -2.40. The molecule has 0 unspecified atom stereocenters. The van der Waals surface area contributed by atoms with Crippen molar-refractivity contribution < 1.29 is 18.4 Å². The molecule has 10 heteroatoms. The first kappa shape index (κ1) is 22.8. The maximum atomic E-state index is 13.7. The Morgan fingerprint density at radius 1 is 1.24 bits per heavy atom. The summed E-state index contributed by atoms with van der Waals surface area (Å²) in [5, 5.41) is 16.4. The lowest BCUT2D eigenvalue weighted by Gasteiger charge is -2.33. The number of pyridine rings is 2. The predicted octanol–water partition coefficient (Wildman–Crippen LogP) is 3.37. The molecule has 174 valence electrons. The quantitative estimate of drug-likeness (QED) is 0.730. The van der Waals surface area contributed by atoms with Gasteiger partial charge in [-0.1, -0.05) is 6.42 Å². The maximum absolute atomic E-state index is 13.7. The highest BCUT2D eigenvalue weighted by Gasteiger charge is 2.35. The van der Waals surface area contributed by atoms with Crippen LogP contribution >= 0.6 is 0 Å². The molecule has 4 rings (SSSR count). The summed E-state index contributed by atoms with van der Waals surface area (Å²) in [4.78, 5) is 34.7. The van der Waals surface area contributed by atoms with Gasteiger partial charge in [-0.15, -0.1) is 0 Å². The molecule has 2 atom stereocenters. The van der Waals surface area contributed by atoms with Crippen molar-refractivity contribution in [2.24, 2.45) is 5.92 Å². The van der Waals surface area contributed by atoms with E-state index in [4.69, 9.17) is 0 Å². The molecule has 1 aliphatic heterocycles. The van der Waals surface area contributed by atoms with Gasteiger partial charge in [0.15, 0.2) is 0 Å². The Hall–Kier alpha value is -3.35. The zero-order valence-electron chi connectivity index (χ0n) is 18.4. The molecule has 2 aromatic rings. The van der Waals surface area contributed by atoms with Crippen LogP contribution in [-0.2, 0) is 9.59 Å². The first-order valence-corrected chi connectivity index (χ1v) is 11.2.